The summed E-state index contributed by atoms with van der Waals surface area (Å²) >= 11 is 0. The lowest BCUT2D eigenvalue weighted by Crippen LogP contribution is -2.07. The van der Waals surface area contributed by atoms with Crippen LogP contribution in [0.1, 0.15) is 31.7 Å². The molecule has 1 aromatic carbocycles. The van der Waals surface area contributed by atoms with E-state index in [0.29, 0.717) is 18.2 Å². The number of carbonyl (C=O) groups is 1. The molecule has 1 heterocycles. The highest BCUT2D eigenvalue weighted by Crippen LogP contribution is 2.20. The van der Waals surface area contributed by atoms with E-state index in [1.807, 2.05) is 31.2 Å². The normalized spacial score (nSPS) is 12.3. The molecule has 1 unspecified atom stereocenters. The topological polar surface area (TPSA) is 76.2 Å². The molecule has 0 saturated heterocycles. The molecule has 5 heteroatoms. The molecule has 0 fully saturated rings. The van der Waals surface area contributed by atoms with Crippen molar-refractivity contribution in [2.24, 2.45) is 5.92 Å². The molecule has 0 amide bonds. The van der Waals surface area contributed by atoms with Crippen molar-refractivity contribution in [3.8, 4) is 11.5 Å². The molecule has 20 heavy (non-hydrogen) atoms. The maximum atomic E-state index is 10.6. The summed E-state index contributed by atoms with van der Waals surface area (Å²) in [4.78, 5) is 10.6. The number of aromatic nitrogens is 2. The fraction of sp³-hybridized carbons (Fsp3) is 0.400. The first-order chi connectivity index (χ1) is 9.58. The molecule has 2 rings (SSSR count). The highest BCUT2D eigenvalue weighted by molar-refractivity contribution is 5.66. The second-order valence-electron chi connectivity index (χ2n) is 4.96. The summed E-state index contributed by atoms with van der Waals surface area (Å²) in [5.41, 5.74) is 2.13. The van der Waals surface area contributed by atoms with Gasteiger partial charge in [-0.3, -0.25) is 4.79 Å². The Kier molecular flexibility index (Phi) is 4.50. The fourth-order valence-corrected chi connectivity index (χ4v) is 2.00. The highest BCUT2D eigenvalue weighted by atomic mass is 16.4. The van der Waals surface area contributed by atoms with Gasteiger partial charge in [0.25, 0.3) is 0 Å². The summed E-state index contributed by atoms with van der Waals surface area (Å²) in [6.45, 7) is 3.96. The van der Waals surface area contributed by atoms with E-state index in [1.165, 1.54) is 5.56 Å². The second-order valence-corrected chi connectivity index (χ2v) is 4.96. The van der Waals surface area contributed by atoms with Crippen LogP contribution in [0.2, 0.25) is 0 Å². The molecule has 0 bridgehead atoms. The van der Waals surface area contributed by atoms with Crippen LogP contribution in [0.3, 0.4) is 0 Å². The van der Waals surface area contributed by atoms with Crippen molar-refractivity contribution >= 4 is 5.97 Å². The standard InChI is InChI=1S/C15H18N2O3/c1-3-11-4-6-12(7-5-11)15-17-16-13(20-15)8-10(2)9-14(18)19/h4-7,10H,3,8-9H2,1-2H3,(H,18,19). The molecule has 0 aliphatic rings. The summed E-state index contributed by atoms with van der Waals surface area (Å²) in [7, 11) is 0. The molecule has 5 nitrogen and oxygen atoms in total. The smallest absolute Gasteiger partial charge is 0.303 e. The lowest BCUT2D eigenvalue weighted by molar-refractivity contribution is -0.137. The molecule has 106 valence electrons. The third-order valence-corrected chi connectivity index (χ3v) is 3.12. The maximum Gasteiger partial charge on any atom is 0.303 e. The van der Waals surface area contributed by atoms with Crippen LogP contribution < -0.4 is 0 Å². The molecule has 1 aromatic heterocycles. The number of carboxylic acids is 1. The van der Waals surface area contributed by atoms with Gasteiger partial charge in [-0.2, -0.15) is 0 Å². The molecule has 0 aliphatic heterocycles. The zero-order valence-corrected chi connectivity index (χ0v) is 11.7. The van der Waals surface area contributed by atoms with Crippen molar-refractivity contribution in [1.29, 1.82) is 0 Å². The van der Waals surface area contributed by atoms with Gasteiger partial charge in [-0.05, 0) is 30.0 Å². The highest BCUT2D eigenvalue weighted by Gasteiger charge is 2.14. The fourth-order valence-electron chi connectivity index (χ4n) is 2.00. The van der Waals surface area contributed by atoms with Crippen LogP contribution in [0.4, 0.5) is 0 Å². The van der Waals surface area contributed by atoms with Gasteiger partial charge in [0.15, 0.2) is 0 Å². The van der Waals surface area contributed by atoms with Gasteiger partial charge in [-0.25, -0.2) is 0 Å². The molecule has 0 aliphatic carbocycles. The summed E-state index contributed by atoms with van der Waals surface area (Å²) < 4.78 is 5.58. The zero-order chi connectivity index (χ0) is 14.5. The number of hydrogen-bond acceptors (Lipinski definition) is 4. The van der Waals surface area contributed by atoms with E-state index in [4.69, 9.17) is 9.52 Å². The summed E-state index contributed by atoms with van der Waals surface area (Å²) in [5, 5.41) is 16.7. The van der Waals surface area contributed by atoms with E-state index in [2.05, 4.69) is 17.1 Å². The number of aliphatic carboxylic acids is 1. The predicted molar refractivity (Wildman–Crippen MR) is 74.2 cm³/mol. The largest absolute Gasteiger partial charge is 0.481 e. The van der Waals surface area contributed by atoms with Gasteiger partial charge in [-0.15, -0.1) is 10.2 Å². The molecule has 1 N–H and O–H groups in total. The molecule has 0 radical (unpaired) electrons. The average Bonchev–Trinajstić information content (AvgIpc) is 2.86. The van der Waals surface area contributed by atoms with Crippen LogP contribution in [0, 0.1) is 5.92 Å². The summed E-state index contributed by atoms with van der Waals surface area (Å²) in [6.07, 6.45) is 1.57. The first-order valence-corrected chi connectivity index (χ1v) is 6.72. The first-order valence-electron chi connectivity index (χ1n) is 6.72. The van der Waals surface area contributed by atoms with Gasteiger partial charge in [-0.1, -0.05) is 26.0 Å². The van der Waals surface area contributed by atoms with Gasteiger partial charge in [0.1, 0.15) is 0 Å². The van der Waals surface area contributed by atoms with Crippen LogP contribution in [0.25, 0.3) is 11.5 Å². The summed E-state index contributed by atoms with van der Waals surface area (Å²) in [6, 6.07) is 7.98. The second kappa shape index (κ2) is 6.32. The van der Waals surface area contributed by atoms with E-state index in [-0.39, 0.29) is 12.3 Å². The van der Waals surface area contributed by atoms with Crippen molar-refractivity contribution in [3.63, 3.8) is 0 Å². The van der Waals surface area contributed by atoms with E-state index in [0.717, 1.165) is 12.0 Å². The minimum Gasteiger partial charge on any atom is -0.481 e. The lowest BCUT2D eigenvalue weighted by atomic mass is 10.0. The Morgan fingerprint density at radius 3 is 2.60 bits per heavy atom. The maximum absolute atomic E-state index is 10.6. The van der Waals surface area contributed by atoms with Gasteiger partial charge >= 0.3 is 5.97 Å². The molecular formula is C15H18N2O3. The van der Waals surface area contributed by atoms with Crippen LogP contribution in [-0.4, -0.2) is 21.3 Å². The number of benzene rings is 1. The van der Waals surface area contributed by atoms with E-state index in [9.17, 15) is 4.79 Å². The van der Waals surface area contributed by atoms with Crippen molar-refractivity contribution < 1.29 is 14.3 Å². The average molecular weight is 274 g/mol. The third kappa shape index (κ3) is 3.66. The van der Waals surface area contributed by atoms with Crippen LogP contribution >= 0.6 is 0 Å². The van der Waals surface area contributed by atoms with Crippen molar-refractivity contribution in [1.82, 2.24) is 10.2 Å². The number of carboxylic acid groups (broad SMARTS) is 1. The number of aryl methyl sites for hydroxylation is 1. The molecular weight excluding hydrogens is 256 g/mol. The minimum absolute atomic E-state index is 0.0248. The Hall–Kier alpha value is -2.17. The molecule has 0 spiro atoms. The Labute approximate surface area is 117 Å². The van der Waals surface area contributed by atoms with Crippen LogP contribution in [0.15, 0.2) is 28.7 Å². The first kappa shape index (κ1) is 14.2. The lowest BCUT2D eigenvalue weighted by Gasteiger charge is -2.03. The van der Waals surface area contributed by atoms with Crippen molar-refractivity contribution in [2.45, 2.75) is 33.1 Å². The van der Waals surface area contributed by atoms with Gasteiger partial charge in [0.2, 0.25) is 11.8 Å². The molecule has 0 saturated carbocycles. The quantitative estimate of drug-likeness (QED) is 0.876. The predicted octanol–water partition coefficient (Wildman–Crippen LogP) is 2.95. The Balaban J connectivity index is 2.06. The Morgan fingerprint density at radius 1 is 1.30 bits per heavy atom. The minimum atomic E-state index is -0.813. The third-order valence-electron chi connectivity index (χ3n) is 3.12. The van der Waals surface area contributed by atoms with Crippen molar-refractivity contribution in [2.75, 3.05) is 0 Å². The number of nitrogens with zero attached hydrogens (tertiary/aromatic N) is 2. The van der Waals surface area contributed by atoms with E-state index in [1.54, 1.807) is 0 Å². The number of hydrogen-bond donors (Lipinski definition) is 1. The van der Waals surface area contributed by atoms with Crippen LogP contribution in [-0.2, 0) is 17.6 Å². The van der Waals surface area contributed by atoms with Gasteiger partial charge in [0.05, 0.1) is 0 Å². The number of rotatable bonds is 6. The van der Waals surface area contributed by atoms with Gasteiger partial charge < -0.3 is 9.52 Å². The Bertz CT molecular complexity index is 575. The Morgan fingerprint density at radius 2 is 2.00 bits per heavy atom. The zero-order valence-electron chi connectivity index (χ0n) is 11.7. The molecule has 2 aromatic rings. The summed E-state index contributed by atoms with van der Waals surface area (Å²) in [5.74, 6) is 0.120. The van der Waals surface area contributed by atoms with E-state index >= 15 is 0 Å². The van der Waals surface area contributed by atoms with Gasteiger partial charge in [0, 0.05) is 18.4 Å². The monoisotopic (exact) mass is 274 g/mol. The SMILES string of the molecule is CCc1ccc(-c2nnc(CC(C)CC(=O)O)o2)cc1. The van der Waals surface area contributed by atoms with Crippen molar-refractivity contribution in [3.05, 3.63) is 35.7 Å². The van der Waals surface area contributed by atoms with Crippen LogP contribution in [0.5, 0.6) is 0 Å². The van der Waals surface area contributed by atoms with E-state index < -0.39 is 5.97 Å². The molecule has 1 atom stereocenters.